The molecule has 0 aliphatic carbocycles. The smallest absolute Gasteiger partial charge is 0.335 e. The number of carbonyl (C=O) groups is 1. The Morgan fingerprint density at radius 2 is 1.68 bits per heavy atom. The number of aryl methyl sites for hydroxylation is 1. The molecule has 0 aromatic heterocycles. The van der Waals surface area contributed by atoms with Crippen LogP contribution in [0.1, 0.15) is 27.0 Å². The van der Waals surface area contributed by atoms with Crippen LogP contribution in [0.25, 0.3) is 0 Å². The van der Waals surface area contributed by atoms with Crippen molar-refractivity contribution in [2.75, 3.05) is 26.2 Å². The molecule has 1 N–H and O–H groups in total. The Morgan fingerprint density at radius 1 is 1.04 bits per heavy atom. The first-order valence-electron chi connectivity index (χ1n) is 8.50. The molecule has 2 aromatic rings. The molecule has 0 atom stereocenters. The average molecular weight is 337 g/mol. The number of hydrogen-bond acceptors (Lipinski definition) is 4. The van der Waals surface area contributed by atoms with Gasteiger partial charge in [-0.2, -0.15) is 5.10 Å². The van der Waals surface area contributed by atoms with Crippen molar-refractivity contribution in [2.45, 2.75) is 13.5 Å². The number of rotatable bonds is 5. The van der Waals surface area contributed by atoms with E-state index in [1.54, 1.807) is 30.5 Å². The molecule has 0 radical (unpaired) electrons. The fourth-order valence-electron chi connectivity index (χ4n) is 2.82. The summed E-state index contributed by atoms with van der Waals surface area (Å²) in [5.74, 6) is -0.909. The average Bonchev–Trinajstić information content (AvgIpc) is 2.63. The van der Waals surface area contributed by atoms with E-state index in [2.05, 4.69) is 46.2 Å². The van der Waals surface area contributed by atoms with Gasteiger partial charge in [0, 0.05) is 32.7 Å². The number of piperazine rings is 1. The fourth-order valence-corrected chi connectivity index (χ4v) is 2.82. The van der Waals surface area contributed by atoms with Crippen LogP contribution in [0.4, 0.5) is 0 Å². The molecule has 0 spiro atoms. The van der Waals surface area contributed by atoms with Gasteiger partial charge in [-0.05, 0) is 30.2 Å². The van der Waals surface area contributed by atoms with Crippen molar-refractivity contribution < 1.29 is 9.90 Å². The minimum atomic E-state index is -0.909. The molecule has 5 heteroatoms. The number of carboxylic acid groups (broad SMARTS) is 1. The Morgan fingerprint density at radius 3 is 2.28 bits per heavy atom. The van der Waals surface area contributed by atoms with E-state index >= 15 is 0 Å². The largest absolute Gasteiger partial charge is 0.478 e. The summed E-state index contributed by atoms with van der Waals surface area (Å²) in [7, 11) is 0. The molecule has 25 heavy (non-hydrogen) atoms. The minimum Gasteiger partial charge on any atom is -0.478 e. The van der Waals surface area contributed by atoms with Gasteiger partial charge in [0.1, 0.15) is 0 Å². The third-order valence-electron chi connectivity index (χ3n) is 4.40. The van der Waals surface area contributed by atoms with Crippen molar-refractivity contribution >= 4 is 12.2 Å². The molecular weight excluding hydrogens is 314 g/mol. The third-order valence-corrected chi connectivity index (χ3v) is 4.40. The maximum atomic E-state index is 10.8. The molecule has 1 aliphatic heterocycles. The molecule has 0 bridgehead atoms. The van der Waals surface area contributed by atoms with Crippen LogP contribution >= 0.6 is 0 Å². The summed E-state index contributed by atoms with van der Waals surface area (Å²) in [6, 6.07) is 15.5. The second-order valence-corrected chi connectivity index (χ2v) is 6.39. The quantitative estimate of drug-likeness (QED) is 0.853. The first kappa shape index (κ1) is 17.2. The lowest BCUT2D eigenvalue weighted by atomic mass is 10.1. The van der Waals surface area contributed by atoms with Gasteiger partial charge in [0.05, 0.1) is 11.8 Å². The highest BCUT2D eigenvalue weighted by Gasteiger charge is 2.15. The molecule has 1 aliphatic rings. The molecule has 2 aromatic carbocycles. The molecule has 1 saturated heterocycles. The zero-order valence-electron chi connectivity index (χ0n) is 14.4. The van der Waals surface area contributed by atoms with E-state index in [0.29, 0.717) is 5.56 Å². The Hall–Kier alpha value is -2.66. The predicted molar refractivity (Wildman–Crippen MR) is 99.0 cm³/mol. The molecule has 0 unspecified atom stereocenters. The Bertz CT molecular complexity index is 731. The monoisotopic (exact) mass is 337 g/mol. The Labute approximate surface area is 148 Å². The van der Waals surface area contributed by atoms with E-state index in [1.165, 1.54) is 11.1 Å². The van der Waals surface area contributed by atoms with Crippen molar-refractivity contribution in [1.29, 1.82) is 0 Å². The summed E-state index contributed by atoms with van der Waals surface area (Å²) in [6.07, 6.45) is 1.79. The van der Waals surface area contributed by atoms with Crippen LogP contribution < -0.4 is 0 Å². The van der Waals surface area contributed by atoms with Crippen molar-refractivity contribution in [3.05, 3.63) is 70.8 Å². The highest BCUT2D eigenvalue weighted by atomic mass is 16.4. The second kappa shape index (κ2) is 7.94. The summed E-state index contributed by atoms with van der Waals surface area (Å²) in [4.78, 5) is 13.3. The van der Waals surface area contributed by atoms with Crippen molar-refractivity contribution in [2.24, 2.45) is 5.10 Å². The highest BCUT2D eigenvalue weighted by molar-refractivity contribution is 5.89. The Balaban J connectivity index is 1.48. The summed E-state index contributed by atoms with van der Waals surface area (Å²) in [6.45, 7) is 6.86. The second-order valence-electron chi connectivity index (χ2n) is 6.39. The van der Waals surface area contributed by atoms with Crippen molar-refractivity contribution in [3.8, 4) is 0 Å². The molecular formula is C20H23N3O2. The highest BCUT2D eigenvalue weighted by Crippen LogP contribution is 2.10. The van der Waals surface area contributed by atoms with Crippen LogP contribution in [0, 0.1) is 6.92 Å². The predicted octanol–water partition coefficient (Wildman–Crippen LogP) is 2.84. The van der Waals surface area contributed by atoms with Crippen LogP contribution in [0.15, 0.2) is 53.6 Å². The molecule has 0 saturated carbocycles. The first-order chi connectivity index (χ1) is 12.1. The van der Waals surface area contributed by atoms with E-state index in [-0.39, 0.29) is 0 Å². The summed E-state index contributed by atoms with van der Waals surface area (Å²) >= 11 is 0. The number of benzene rings is 2. The summed E-state index contributed by atoms with van der Waals surface area (Å²) < 4.78 is 0. The topological polar surface area (TPSA) is 56.1 Å². The zero-order valence-corrected chi connectivity index (χ0v) is 14.4. The molecule has 0 amide bonds. The van der Waals surface area contributed by atoms with E-state index in [9.17, 15) is 4.79 Å². The van der Waals surface area contributed by atoms with Crippen LogP contribution in [0.2, 0.25) is 0 Å². The van der Waals surface area contributed by atoms with Gasteiger partial charge in [0.2, 0.25) is 0 Å². The van der Waals surface area contributed by atoms with E-state index in [1.807, 2.05) is 0 Å². The van der Waals surface area contributed by atoms with E-state index in [0.717, 1.165) is 38.3 Å². The van der Waals surface area contributed by atoms with Gasteiger partial charge in [-0.25, -0.2) is 4.79 Å². The summed E-state index contributed by atoms with van der Waals surface area (Å²) in [5.41, 5.74) is 3.84. The molecule has 5 nitrogen and oxygen atoms in total. The number of nitrogens with zero attached hydrogens (tertiary/aromatic N) is 3. The molecule has 1 heterocycles. The number of hydrogen-bond donors (Lipinski definition) is 1. The standard InChI is InChI=1S/C20H23N3O2/c1-16-2-4-18(5-3-16)15-22-10-12-23(13-11-22)21-14-17-6-8-19(9-7-17)20(24)25/h2-9,14H,10-13,15H2,1H3,(H,24,25)/b21-14+. The van der Waals surface area contributed by atoms with Crippen molar-refractivity contribution in [1.82, 2.24) is 9.91 Å². The Kier molecular flexibility index (Phi) is 5.46. The van der Waals surface area contributed by atoms with Crippen LogP contribution in [0.3, 0.4) is 0 Å². The summed E-state index contributed by atoms with van der Waals surface area (Å²) in [5, 5.41) is 15.5. The maximum Gasteiger partial charge on any atom is 0.335 e. The SMILES string of the molecule is Cc1ccc(CN2CCN(/N=C/c3ccc(C(=O)O)cc3)CC2)cc1. The number of hydrazone groups is 1. The van der Waals surface area contributed by atoms with Crippen LogP contribution in [-0.2, 0) is 6.54 Å². The molecule has 1 fully saturated rings. The molecule has 130 valence electrons. The maximum absolute atomic E-state index is 10.8. The van der Waals surface area contributed by atoms with Crippen molar-refractivity contribution in [3.63, 3.8) is 0 Å². The van der Waals surface area contributed by atoms with Gasteiger partial charge in [-0.15, -0.1) is 0 Å². The number of aromatic carboxylic acids is 1. The van der Waals surface area contributed by atoms with E-state index in [4.69, 9.17) is 5.11 Å². The van der Waals surface area contributed by atoms with E-state index < -0.39 is 5.97 Å². The van der Waals surface area contributed by atoms with Gasteiger partial charge in [-0.1, -0.05) is 42.0 Å². The third kappa shape index (κ3) is 4.90. The van der Waals surface area contributed by atoms with Gasteiger partial charge in [0.15, 0.2) is 0 Å². The first-order valence-corrected chi connectivity index (χ1v) is 8.50. The lowest BCUT2D eigenvalue weighted by Gasteiger charge is -2.33. The van der Waals surface area contributed by atoms with Gasteiger partial charge in [0.25, 0.3) is 0 Å². The lowest BCUT2D eigenvalue weighted by molar-refractivity contribution is 0.0697. The minimum absolute atomic E-state index is 0.293. The van der Waals surface area contributed by atoms with Gasteiger partial charge in [-0.3, -0.25) is 9.91 Å². The molecule has 3 rings (SSSR count). The van der Waals surface area contributed by atoms with Crippen LogP contribution in [-0.4, -0.2) is 53.4 Å². The van der Waals surface area contributed by atoms with Crippen LogP contribution in [0.5, 0.6) is 0 Å². The van der Waals surface area contributed by atoms with Gasteiger partial charge >= 0.3 is 5.97 Å². The van der Waals surface area contributed by atoms with Gasteiger partial charge < -0.3 is 5.11 Å². The lowest BCUT2D eigenvalue weighted by Crippen LogP contribution is -2.43. The normalized spacial score (nSPS) is 15.6. The number of carboxylic acids is 1. The zero-order chi connectivity index (χ0) is 17.6. The fraction of sp³-hybridized carbons (Fsp3) is 0.300.